The SMILES string of the molecule is Nc1[nH+]cccc1C(=O)OCC(=O)Nc1ccc2c(c1)OCCO2. The lowest BCUT2D eigenvalue weighted by Gasteiger charge is -2.19. The second kappa shape index (κ2) is 6.86. The molecule has 0 atom stereocenters. The van der Waals surface area contributed by atoms with E-state index in [9.17, 15) is 9.59 Å². The van der Waals surface area contributed by atoms with E-state index >= 15 is 0 Å². The van der Waals surface area contributed by atoms with E-state index in [2.05, 4.69) is 10.3 Å². The summed E-state index contributed by atoms with van der Waals surface area (Å²) in [5, 5.41) is 2.62. The predicted octanol–water partition coefficient (Wildman–Crippen LogP) is 0.650. The Hall–Kier alpha value is -3.29. The van der Waals surface area contributed by atoms with Crippen LogP contribution >= 0.6 is 0 Å². The van der Waals surface area contributed by atoms with Crippen molar-refractivity contribution in [2.45, 2.75) is 0 Å². The van der Waals surface area contributed by atoms with Gasteiger partial charge >= 0.3 is 5.97 Å². The van der Waals surface area contributed by atoms with Crippen LogP contribution in [0.2, 0.25) is 0 Å². The quantitative estimate of drug-likeness (QED) is 0.796. The molecule has 0 radical (unpaired) electrons. The fraction of sp³-hybridized carbons (Fsp3) is 0.188. The summed E-state index contributed by atoms with van der Waals surface area (Å²) in [4.78, 5) is 26.5. The molecule has 1 aromatic heterocycles. The molecule has 8 nitrogen and oxygen atoms in total. The van der Waals surface area contributed by atoms with Gasteiger partial charge in [-0.2, -0.15) is 0 Å². The average Bonchev–Trinajstić information content (AvgIpc) is 2.60. The molecule has 4 N–H and O–H groups in total. The van der Waals surface area contributed by atoms with Crippen molar-refractivity contribution in [1.29, 1.82) is 0 Å². The van der Waals surface area contributed by atoms with Crippen LogP contribution < -0.4 is 25.5 Å². The zero-order valence-corrected chi connectivity index (χ0v) is 12.7. The minimum atomic E-state index is -0.679. The van der Waals surface area contributed by atoms with Crippen molar-refractivity contribution >= 4 is 23.4 Å². The predicted molar refractivity (Wildman–Crippen MR) is 83.8 cm³/mol. The van der Waals surface area contributed by atoms with Crippen LogP contribution in [-0.4, -0.2) is 31.7 Å². The number of rotatable bonds is 4. The molecule has 8 heteroatoms. The highest BCUT2D eigenvalue weighted by molar-refractivity contribution is 5.97. The van der Waals surface area contributed by atoms with Gasteiger partial charge in [-0.25, -0.2) is 9.78 Å². The number of esters is 1. The van der Waals surface area contributed by atoms with Crippen LogP contribution in [0.15, 0.2) is 36.5 Å². The fourth-order valence-electron chi connectivity index (χ4n) is 2.15. The molecule has 1 aromatic carbocycles. The summed E-state index contributed by atoms with van der Waals surface area (Å²) in [5.41, 5.74) is 6.33. The first-order valence-electron chi connectivity index (χ1n) is 7.26. The van der Waals surface area contributed by atoms with Gasteiger partial charge in [0.15, 0.2) is 18.1 Å². The lowest BCUT2D eigenvalue weighted by Crippen LogP contribution is -2.23. The number of carbonyl (C=O) groups is 2. The molecule has 0 saturated heterocycles. The first-order valence-corrected chi connectivity index (χ1v) is 7.26. The molecule has 2 heterocycles. The van der Waals surface area contributed by atoms with Crippen molar-refractivity contribution in [2.24, 2.45) is 0 Å². The van der Waals surface area contributed by atoms with Crippen molar-refractivity contribution in [2.75, 3.05) is 30.9 Å². The lowest BCUT2D eigenvalue weighted by atomic mass is 10.2. The number of nitrogen functional groups attached to an aromatic ring is 1. The molecular weight excluding hydrogens is 314 g/mol. The minimum Gasteiger partial charge on any atom is -0.486 e. The summed E-state index contributed by atoms with van der Waals surface area (Å²) < 4.78 is 15.8. The fourth-order valence-corrected chi connectivity index (χ4v) is 2.15. The zero-order chi connectivity index (χ0) is 16.9. The standard InChI is InChI=1S/C16H15N3O5/c17-15-11(2-1-5-18-15)16(21)24-9-14(20)19-10-3-4-12-13(8-10)23-7-6-22-12/h1-5,8H,6-7,9H2,(H2,17,18)(H,19,20)/p+1. The van der Waals surface area contributed by atoms with Crippen LogP contribution in [0.3, 0.4) is 0 Å². The number of aromatic nitrogens is 1. The van der Waals surface area contributed by atoms with Gasteiger partial charge in [-0.05, 0) is 24.3 Å². The summed E-state index contributed by atoms with van der Waals surface area (Å²) in [6.45, 7) is 0.522. The van der Waals surface area contributed by atoms with Crippen LogP contribution in [0, 0.1) is 0 Å². The molecule has 1 aliphatic heterocycles. The van der Waals surface area contributed by atoms with Crippen molar-refractivity contribution in [3.63, 3.8) is 0 Å². The first kappa shape index (κ1) is 15.6. The Bertz CT molecular complexity index is 778. The number of carbonyl (C=O) groups excluding carboxylic acids is 2. The lowest BCUT2D eigenvalue weighted by molar-refractivity contribution is -0.360. The Kier molecular flexibility index (Phi) is 4.46. The molecule has 1 amide bonds. The number of nitrogens with one attached hydrogen (secondary N) is 2. The Morgan fingerprint density at radius 2 is 2.00 bits per heavy atom. The Morgan fingerprint density at radius 3 is 2.79 bits per heavy atom. The smallest absolute Gasteiger partial charge is 0.347 e. The van der Waals surface area contributed by atoms with Crippen LogP contribution in [-0.2, 0) is 9.53 Å². The Balaban J connectivity index is 1.56. The van der Waals surface area contributed by atoms with Gasteiger partial charge in [0.25, 0.3) is 11.7 Å². The number of anilines is 2. The third kappa shape index (κ3) is 3.54. The zero-order valence-electron chi connectivity index (χ0n) is 12.7. The van der Waals surface area contributed by atoms with Crippen molar-refractivity contribution in [3.8, 4) is 11.5 Å². The Morgan fingerprint density at radius 1 is 1.21 bits per heavy atom. The number of hydrogen-bond donors (Lipinski definition) is 2. The van der Waals surface area contributed by atoms with E-state index < -0.39 is 18.5 Å². The summed E-state index contributed by atoms with van der Waals surface area (Å²) >= 11 is 0. The number of aromatic amines is 1. The first-order chi connectivity index (χ1) is 11.6. The second-order valence-corrected chi connectivity index (χ2v) is 4.98. The normalized spacial score (nSPS) is 12.3. The summed E-state index contributed by atoms with van der Waals surface area (Å²) in [7, 11) is 0. The second-order valence-electron chi connectivity index (χ2n) is 4.98. The summed E-state index contributed by atoms with van der Waals surface area (Å²) in [5.74, 6) is 0.208. The summed E-state index contributed by atoms with van der Waals surface area (Å²) in [6.07, 6.45) is 1.58. The largest absolute Gasteiger partial charge is 0.486 e. The molecule has 0 spiro atoms. The maximum atomic E-state index is 11.9. The third-order valence-electron chi connectivity index (χ3n) is 3.27. The molecule has 124 valence electrons. The van der Waals surface area contributed by atoms with Gasteiger partial charge in [-0.15, -0.1) is 0 Å². The van der Waals surface area contributed by atoms with Gasteiger partial charge < -0.3 is 19.5 Å². The highest BCUT2D eigenvalue weighted by Gasteiger charge is 2.17. The van der Waals surface area contributed by atoms with E-state index in [1.54, 1.807) is 30.5 Å². The van der Waals surface area contributed by atoms with E-state index in [0.29, 0.717) is 30.4 Å². The van der Waals surface area contributed by atoms with Crippen LogP contribution in [0.4, 0.5) is 11.5 Å². The van der Waals surface area contributed by atoms with E-state index in [0.717, 1.165) is 0 Å². The van der Waals surface area contributed by atoms with Crippen LogP contribution in [0.25, 0.3) is 0 Å². The number of nitrogens with two attached hydrogens (primary N) is 1. The van der Waals surface area contributed by atoms with Crippen LogP contribution in [0.1, 0.15) is 10.4 Å². The van der Waals surface area contributed by atoms with Gasteiger partial charge in [0.05, 0.1) is 6.20 Å². The van der Waals surface area contributed by atoms with Gasteiger partial charge in [0.1, 0.15) is 18.8 Å². The molecule has 0 aliphatic carbocycles. The van der Waals surface area contributed by atoms with Gasteiger partial charge in [-0.3, -0.25) is 10.5 Å². The maximum Gasteiger partial charge on any atom is 0.347 e. The third-order valence-corrected chi connectivity index (χ3v) is 3.27. The maximum absolute atomic E-state index is 11.9. The molecule has 0 saturated carbocycles. The molecule has 0 bridgehead atoms. The van der Waals surface area contributed by atoms with Crippen molar-refractivity contribution < 1.29 is 28.8 Å². The molecule has 0 fully saturated rings. The summed E-state index contributed by atoms with van der Waals surface area (Å²) in [6, 6.07) is 8.15. The molecular formula is C16H16N3O5+. The minimum absolute atomic E-state index is 0.171. The van der Waals surface area contributed by atoms with Gasteiger partial charge in [0.2, 0.25) is 0 Å². The number of fused-ring (bicyclic) bond motifs is 1. The van der Waals surface area contributed by atoms with Crippen molar-refractivity contribution in [1.82, 2.24) is 0 Å². The van der Waals surface area contributed by atoms with E-state index in [1.165, 1.54) is 6.07 Å². The number of H-pyrrole nitrogens is 1. The highest BCUT2D eigenvalue weighted by Crippen LogP contribution is 2.32. The van der Waals surface area contributed by atoms with Crippen LogP contribution in [0.5, 0.6) is 11.5 Å². The highest BCUT2D eigenvalue weighted by atomic mass is 16.6. The number of ether oxygens (including phenoxy) is 3. The average molecular weight is 330 g/mol. The molecule has 2 aromatic rings. The topological polar surface area (TPSA) is 114 Å². The van der Waals surface area contributed by atoms with E-state index in [4.69, 9.17) is 19.9 Å². The van der Waals surface area contributed by atoms with Gasteiger partial charge in [-0.1, -0.05) is 0 Å². The van der Waals surface area contributed by atoms with E-state index in [-0.39, 0.29) is 11.4 Å². The van der Waals surface area contributed by atoms with Crippen molar-refractivity contribution in [3.05, 3.63) is 42.1 Å². The number of benzene rings is 1. The number of hydrogen-bond acceptors (Lipinski definition) is 6. The monoisotopic (exact) mass is 330 g/mol. The Labute approximate surface area is 137 Å². The number of pyridine rings is 1. The van der Waals surface area contributed by atoms with E-state index in [1.807, 2.05) is 0 Å². The number of amides is 1. The molecule has 1 aliphatic rings. The molecule has 3 rings (SSSR count). The molecule has 24 heavy (non-hydrogen) atoms. The van der Waals surface area contributed by atoms with Gasteiger partial charge in [0, 0.05) is 11.8 Å². The molecule has 0 unspecified atom stereocenters.